The van der Waals surface area contributed by atoms with Crippen LogP contribution < -0.4 is 0 Å². The van der Waals surface area contributed by atoms with E-state index < -0.39 is 0 Å². The lowest BCUT2D eigenvalue weighted by Gasteiger charge is -1.98. The lowest BCUT2D eigenvalue weighted by molar-refractivity contribution is 0.604. The van der Waals surface area contributed by atoms with Crippen molar-refractivity contribution in [3.63, 3.8) is 0 Å². The number of aromatic nitrogens is 2. The van der Waals surface area contributed by atoms with Crippen molar-refractivity contribution < 1.29 is 8.83 Å². The summed E-state index contributed by atoms with van der Waals surface area (Å²) in [6, 6.07) is 32.5. The molecule has 4 nitrogen and oxygen atoms in total. The maximum atomic E-state index is 5.51. The van der Waals surface area contributed by atoms with E-state index >= 15 is 0 Å². The number of benzene rings is 4. The smallest absolute Gasteiger partial charge is 0.135 e. The summed E-state index contributed by atoms with van der Waals surface area (Å²) in [6.07, 6.45) is 3.39. The molecule has 8 rings (SSSR count). The molecule has 0 bridgehead atoms. The van der Waals surface area contributed by atoms with E-state index in [9.17, 15) is 0 Å². The number of rotatable bonds is 0. The lowest BCUT2D eigenvalue weighted by Crippen LogP contribution is -1.73. The van der Waals surface area contributed by atoms with E-state index in [-0.39, 0.29) is 0 Å². The molecule has 0 saturated carbocycles. The summed E-state index contributed by atoms with van der Waals surface area (Å²) in [6.45, 7) is 0. The fourth-order valence-electron chi connectivity index (χ4n) is 4.70. The molecule has 4 aromatic carbocycles. The van der Waals surface area contributed by atoms with Crippen molar-refractivity contribution in [2.45, 2.75) is 0 Å². The van der Waals surface area contributed by atoms with E-state index in [4.69, 9.17) is 8.83 Å². The predicted molar refractivity (Wildman–Crippen MR) is 138 cm³/mol. The number of hydrogen-bond acceptors (Lipinski definition) is 4. The van der Waals surface area contributed by atoms with E-state index in [1.54, 1.807) is 12.5 Å². The van der Waals surface area contributed by atoms with Gasteiger partial charge in [0.15, 0.2) is 0 Å². The van der Waals surface area contributed by atoms with Gasteiger partial charge >= 0.3 is 0 Å². The van der Waals surface area contributed by atoms with E-state index in [1.807, 2.05) is 66.7 Å². The first-order chi connectivity index (χ1) is 16.8. The van der Waals surface area contributed by atoms with Gasteiger partial charge < -0.3 is 8.83 Å². The van der Waals surface area contributed by atoms with Crippen molar-refractivity contribution in [2.24, 2.45) is 0 Å². The van der Waals surface area contributed by atoms with Crippen LogP contribution in [0.3, 0.4) is 0 Å². The molecule has 0 aliphatic heterocycles. The quantitative estimate of drug-likeness (QED) is 0.239. The highest BCUT2D eigenvalue weighted by Crippen LogP contribution is 2.32. The van der Waals surface area contributed by atoms with Gasteiger partial charge in [0.1, 0.15) is 11.2 Å². The zero-order valence-electron chi connectivity index (χ0n) is 18.1. The van der Waals surface area contributed by atoms with Crippen molar-refractivity contribution in [3.8, 4) is 0 Å². The van der Waals surface area contributed by atoms with Crippen LogP contribution in [0.2, 0.25) is 0 Å². The molecule has 0 aliphatic carbocycles. The van der Waals surface area contributed by atoms with Gasteiger partial charge in [-0.3, -0.25) is 0 Å². The highest BCUT2D eigenvalue weighted by molar-refractivity contribution is 6.19. The SMILES string of the molecule is c1ccc2c(c1)nc1ccc3occcc3c12.c1coc2cc3nc4ccccc4c3cc2c1. The highest BCUT2D eigenvalue weighted by Gasteiger charge is 2.09. The van der Waals surface area contributed by atoms with Gasteiger partial charge in [0, 0.05) is 38.4 Å². The van der Waals surface area contributed by atoms with Gasteiger partial charge in [-0.2, -0.15) is 0 Å². The molecule has 0 unspecified atom stereocenters. The number of nitrogens with zero attached hydrogens (tertiary/aromatic N) is 2. The van der Waals surface area contributed by atoms with Crippen LogP contribution in [0.4, 0.5) is 0 Å². The minimum absolute atomic E-state index is 0.878. The molecule has 0 aliphatic rings. The summed E-state index contributed by atoms with van der Waals surface area (Å²) in [5.41, 5.74) is 5.88. The van der Waals surface area contributed by atoms with Crippen LogP contribution in [0.1, 0.15) is 0 Å². The first-order valence-electron chi connectivity index (χ1n) is 11.2. The Morgan fingerprint density at radius 1 is 0.441 bits per heavy atom. The average molecular weight is 438 g/mol. The number of para-hydroxylation sites is 2. The summed E-state index contributed by atoms with van der Waals surface area (Å²) in [5.74, 6) is 0. The van der Waals surface area contributed by atoms with Gasteiger partial charge in [0.25, 0.3) is 0 Å². The Balaban J connectivity index is 0.000000118. The minimum Gasteiger partial charge on any atom is -0.464 e. The van der Waals surface area contributed by atoms with Gasteiger partial charge in [0.05, 0.1) is 34.6 Å². The number of hydrogen-bond donors (Lipinski definition) is 0. The summed E-state index contributed by atoms with van der Waals surface area (Å²) >= 11 is 0. The summed E-state index contributed by atoms with van der Waals surface area (Å²) < 4.78 is 11.0. The Kier molecular flexibility index (Phi) is 4.11. The van der Waals surface area contributed by atoms with Crippen LogP contribution in [0.25, 0.3) is 65.6 Å². The average Bonchev–Trinajstić information content (AvgIpc) is 3.46. The molecule has 0 amide bonds. The Hall–Kier alpha value is -4.70. The molecule has 0 saturated heterocycles. The van der Waals surface area contributed by atoms with Crippen LogP contribution in [-0.4, -0.2) is 9.97 Å². The van der Waals surface area contributed by atoms with Crippen LogP contribution >= 0.6 is 0 Å². The molecule has 8 aromatic rings. The molecular formula is C30H18N2O2. The molecule has 34 heavy (non-hydrogen) atoms. The fraction of sp³-hybridized carbons (Fsp3) is 0. The largest absolute Gasteiger partial charge is 0.464 e. The minimum atomic E-state index is 0.878. The Labute approximate surface area is 194 Å². The Bertz CT molecular complexity index is 1960. The van der Waals surface area contributed by atoms with Crippen molar-refractivity contribution in [2.75, 3.05) is 0 Å². The van der Waals surface area contributed by atoms with Gasteiger partial charge in [-0.25, -0.2) is 9.97 Å². The Morgan fingerprint density at radius 2 is 1.12 bits per heavy atom. The second-order valence-electron chi connectivity index (χ2n) is 8.26. The van der Waals surface area contributed by atoms with Crippen molar-refractivity contribution in [3.05, 3.63) is 110 Å². The zero-order chi connectivity index (χ0) is 22.5. The Morgan fingerprint density at radius 3 is 2.00 bits per heavy atom. The van der Waals surface area contributed by atoms with Crippen LogP contribution in [0.15, 0.2) is 118 Å². The number of fused-ring (bicyclic) bond motifs is 9. The molecular weight excluding hydrogens is 420 g/mol. The first-order valence-corrected chi connectivity index (χ1v) is 11.2. The summed E-state index contributed by atoms with van der Waals surface area (Å²) in [7, 11) is 0. The second-order valence-corrected chi connectivity index (χ2v) is 8.26. The molecule has 160 valence electrons. The first kappa shape index (κ1) is 18.8. The summed E-state index contributed by atoms with van der Waals surface area (Å²) in [5, 5.41) is 7.00. The van der Waals surface area contributed by atoms with E-state index in [1.165, 1.54) is 21.5 Å². The molecule has 4 heterocycles. The molecule has 0 radical (unpaired) electrons. The lowest BCUT2D eigenvalue weighted by atomic mass is 10.1. The standard InChI is InChI=1S/2C15H9NO/c1-2-6-13-11(5-1)12-8-10-4-3-7-17-15(10)9-14(12)16-13;1-2-6-12-10(4-1)15-11-5-3-9-17-14(11)8-7-13(15)16-12/h2*1-9H. The maximum absolute atomic E-state index is 5.51. The zero-order valence-corrected chi connectivity index (χ0v) is 18.1. The van der Waals surface area contributed by atoms with Crippen molar-refractivity contribution in [1.29, 1.82) is 0 Å². The van der Waals surface area contributed by atoms with Gasteiger partial charge in [0.2, 0.25) is 0 Å². The van der Waals surface area contributed by atoms with Crippen LogP contribution in [0, 0.1) is 0 Å². The molecule has 0 N–H and O–H groups in total. The van der Waals surface area contributed by atoms with E-state index in [0.29, 0.717) is 0 Å². The van der Waals surface area contributed by atoms with Gasteiger partial charge in [-0.05, 0) is 54.6 Å². The summed E-state index contributed by atoms with van der Waals surface area (Å²) in [4.78, 5) is 9.23. The van der Waals surface area contributed by atoms with E-state index in [2.05, 4.69) is 40.3 Å². The van der Waals surface area contributed by atoms with Crippen molar-refractivity contribution in [1.82, 2.24) is 9.97 Å². The van der Waals surface area contributed by atoms with Crippen LogP contribution in [0.5, 0.6) is 0 Å². The monoisotopic (exact) mass is 438 g/mol. The molecule has 4 heteroatoms. The van der Waals surface area contributed by atoms with Gasteiger partial charge in [-0.1, -0.05) is 36.4 Å². The molecule has 0 fully saturated rings. The van der Waals surface area contributed by atoms with E-state index in [0.717, 1.165) is 44.0 Å². The predicted octanol–water partition coefficient (Wildman–Crippen LogP) is 8.27. The molecule has 4 aromatic heterocycles. The highest BCUT2D eigenvalue weighted by atomic mass is 16.3. The normalized spacial score (nSPS) is 11.5. The third-order valence-corrected chi connectivity index (χ3v) is 6.25. The molecule has 0 atom stereocenters. The third kappa shape index (κ3) is 2.93. The second kappa shape index (κ2) is 7.42. The van der Waals surface area contributed by atoms with Gasteiger partial charge in [-0.15, -0.1) is 0 Å². The van der Waals surface area contributed by atoms with Crippen LogP contribution in [-0.2, 0) is 0 Å². The topological polar surface area (TPSA) is 52.1 Å². The third-order valence-electron chi connectivity index (χ3n) is 6.25. The molecule has 0 spiro atoms. The van der Waals surface area contributed by atoms with Crippen molar-refractivity contribution >= 4 is 65.6 Å². The fourth-order valence-corrected chi connectivity index (χ4v) is 4.70. The maximum Gasteiger partial charge on any atom is 0.135 e.